The molecule has 1 heterocycles. The number of aryl methyl sites for hydroxylation is 2. The van der Waals surface area contributed by atoms with Crippen molar-refractivity contribution < 1.29 is 0 Å². The Morgan fingerprint density at radius 3 is 2.58 bits per heavy atom. The van der Waals surface area contributed by atoms with Gasteiger partial charge < -0.3 is 5.32 Å². The molecule has 0 atom stereocenters. The molecule has 0 spiro atoms. The summed E-state index contributed by atoms with van der Waals surface area (Å²) in [7, 11) is 0. The summed E-state index contributed by atoms with van der Waals surface area (Å²) in [4.78, 5) is 0. The van der Waals surface area contributed by atoms with Crippen LogP contribution in [0.15, 0.2) is 49.2 Å². The maximum atomic E-state index is 4.16. The maximum Gasteiger partial charge on any atom is 0.160 e. The minimum atomic E-state index is 0.752. The van der Waals surface area contributed by atoms with Gasteiger partial charge in [0.2, 0.25) is 0 Å². The van der Waals surface area contributed by atoms with E-state index in [1.54, 1.807) is 12.3 Å². The van der Waals surface area contributed by atoms with Crippen LogP contribution in [-0.2, 0) is 0 Å². The van der Waals surface area contributed by atoms with Crippen LogP contribution in [-0.4, -0.2) is 10.2 Å². The summed E-state index contributed by atoms with van der Waals surface area (Å²) in [6.07, 6.45) is 7.37. The van der Waals surface area contributed by atoms with E-state index in [2.05, 4.69) is 41.1 Å². The van der Waals surface area contributed by atoms with Crippen molar-refractivity contribution in [3.63, 3.8) is 0 Å². The van der Waals surface area contributed by atoms with Crippen molar-refractivity contribution in [1.82, 2.24) is 10.2 Å². The van der Waals surface area contributed by atoms with Gasteiger partial charge in [-0.2, -0.15) is 5.10 Å². The summed E-state index contributed by atoms with van der Waals surface area (Å²) in [5.74, 6) is 0.752. The molecule has 0 radical (unpaired) electrons. The second kappa shape index (κ2) is 5.96. The van der Waals surface area contributed by atoms with Crippen molar-refractivity contribution in [2.45, 2.75) is 13.8 Å². The van der Waals surface area contributed by atoms with E-state index < -0.39 is 0 Å². The van der Waals surface area contributed by atoms with Gasteiger partial charge in [0.1, 0.15) is 0 Å². The van der Waals surface area contributed by atoms with E-state index in [0.717, 1.165) is 22.6 Å². The number of nitrogens with one attached hydrogen (secondary N) is 1. The number of benzene rings is 1. The standard InChI is InChI=1S/C16H17N3/c1-4-5-6-15-13(3)11-17-19-16(15)18-14-9-7-12(2)8-10-14/h4-11H,1H2,2-3H3,(H,18,19)/b6-5-. The third-order valence-corrected chi connectivity index (χ3v) is 2.80. The van der Waals surface area contributed by atoms with Gasteiger partial charge in [-0.3, -0.25) is 0 Å². The molecule has 1 aromatic carbocycles. The van der Waals surface area contributed by atoms with Crippen molar-refractivity contribution in [1.29, 1.82) is 0 Å². The van der Waals surface area contributed by atoms with Gasteiger partial charge in [-0.05, 0) is 31.5 Å². The Bertz CT molecular complexity index is 598. The fraction of sp³-hybridized carbons (Fsp3) is 0.125. The van der Waals surface area contributed by atoms with Crippen molar-refractivity contribution in [3.8, 4) is 0 Å². The van der Waals surface area contributed by atoms with Crippen LogP contribution >= 0.6 is 0 Å². The fourth-order valence-corrected chi connectivity index (χ4v) is 1.72. The quantitative estimate of drug-likeness (QED) is 0.833. The molecule has 19 heavy (non-hydrogen) atoms. The van der Waals surface area contributed by atoms with Crippen molar-refractivity contribution in [2.24, 2.45) is 0 Å². The van der Waals surface area contributed by atoms with Crippen LogP contribution in [0.4, 0.5) is 11.5 Å². The summed E-state index contributed by atoms with van der Waals surface area (Å²) in [5.41, 5.74) is 4.32. The minimum absolute atomic E-state index is 0.752. The van der Waals surface area contributed by atoms with Crippen LogP contribution in [0.1, 0.15) is 16.7 Å². The third-order valence-electron chi connectivity index (χ3n) is 2.80. The second-order valence-corrected chi connectivity index (χ2v) is 4.38. The molecule has 0 amide bonds. The van der Waals surface area contributed by atoms with Crippen molar-refractivity contribution >= 4 is 17.6 Å². The molecule has 0 fully saturated rings. The van der Waals surface area contributed by atoms with E-state index >= 15 is 0 Å². The summed E-state index contributed by atoms with van der Waals surface area (Å²) in [6.45, 7) is 7.76. The van der Waals surface area contributed by atoms with Crippen LogP contribution in [0, 0.1) is 13.8 Å². The molecule has 3 heteroatoms. The molecule has 1 N–H and O–H groups in total. The lowest BCUT2D eigenvalue weighted by Crippen LogP contribution is -2.00. The number of aromatic nitrogens is 2. The van der Waals surface area contributed by atoms with Crippen LogP contribution < -0.4 is 5.32 Å². The monoisotopic (exact) mass is 251 g/mol. The molecular formula is C16H17N3. The van der Waals surface area contributed by atoms with Gasteiger partial charge >= 0.3 is 0 Å². The maximum absolute atomic E-state index is 4.16. The highest BCUT2D eigenvalue weighted by molar-refractivity contribution is 5.70. The summed E-state index contributed by atoms with van der Waals surface area (Å²) in [5, 5.41) is 11.4. The highest BCUT2D eigenvalue weighted by atomic mass is 15.2. The Morgan fingerprint density at radius 2 is 1.89 bits per heavy atom. The second-order valence-electron chi connectivity index (χ2n) is 4.38. The largest absolute Gasteiger partial charge is 0.338 e. The van der Waals surface area contributed by atoms with E-state index in [0.29, 0.717) is 0 Å². The molecular weight excluding hydrogens is 234 g/mol. The molecule has 0 aliphatic carbocycles. The van der Waals surface area contributed by atoms with Gasteiger partial charge in [-0.1, -0.05) is 42.5 Å². The van der Waals surface area contributed by atoms with E-state index in [9.17, 15) is 0 Å². The predicted octanol–water partition coefficient (Wildman–Crippen LogP) is 4.04. The average Bonchev–Trinajstić information content (AvgIpc) is 2.41. The zero-order chi connectivity index (χ0) is 13.7. The minimum Gasteiger partial charge on any atom is -0.338 e. The van der Waals surface area contributed by atoms with Crippen LogP contribution in [0.2, 0.25) is 0 Å². The first-order valence-electron chi connectivity index (χ1n) is 6.16. The van der Waals surface area contributed by atoms with E-state index in [4.69, 9.17) is 0 Å². The SMILES string of the molecule is C=C/C=C\c1c(C)cnnc1Nc1ccc(C)cc1. The van der Waals surface area contributed by atoms with Gasteiger partial charge in [-0.25, -0.2) is 0 Å². The molecule has 2 aromatic rings. The first-order valence-corrected chi connectivity index (χ1v) is 6.16. The van der Waals surface area contributed by atoms with Crippen LogP contribution in [0.3, 0.4) is 0 Å². The molecule has 1 aromatic heterocycles. The topological polar surface area (TPSA) is 37.8 Å². The zero-order valence-electron chi connectivity index (χ0n) is 11.2. The molecule has 0 bridgehead atoms. The molecule has 0 aliphatic heterocycles. The van der Waals surface area contributed by atoms with Crippen molar-refractivity contribution in [3.05, 3.63) is 65.9 Å². The molecule has 3 nitrogen and oxygen atoms in total. The molecule has 0 saturated carbocycles. The van der Waals surface area contributed by atoms with Crippen molar-refractivity contribution in [2.75, 3.05) is 5.32 Å². The average molecular weight is 251 g/mol. The van der Waals surface area contributed by atoms with Crippen LogP contribution in [0.5, 0.6) is 0 Å². The van der Waals surface area contributed by atoms with Crippen LogP contribution in [0.25, 0.3) is 6.08 Å². The van der Waals surface area contributed by atoms with Gasteiger partial charge in [-0.15, -0.1) is 5.10 Å². The highest BCUT2D eigenvalue weighted by Gasteiger charge is 2.05. The Balaban J connectivity index is 2.34. The number of rotatable bonds is 4. The number of hydrogen-bond acceptors (Lipinski definition) is 3. The number of nitrogens with zero attached hydrogens (tertiary/aromatic N) is 2. The van der Waals surface area contributed by atoms with Gasteiger partial charge in [0.25, 0.3) is 0 Å². The molecule has 2 rings (SSSR count). The lowest BCUT2D eigenvalue weighted by molar-refractivity contribution is 1.02. The lowest BCUT2D eigenvalue weighted by atomic mass is 10.1. The summed E-state index contributed by atoms with van der Waals surface area (Å²) >= 11 is 0. The zero-order valence-corrected chi connectivity index (χ0v) is 11.2. The normalized spacial score (nSPS) is 10.6. The highest BCUT2D eigenvalue weighted by Crippen LogP contribution is 2.22. The Kier molecular flexibility index (Phi) is 4.08. The van der Waals surface area contributed by atoms with E-state index in [1.165, 1.54) is 5.56 Å². The first-order chi connectivity index (χ1) is 9.20. The molecule has 96 valence electrons. The summed E-state index contributed by atoms with van der Waals surface area (Å²) in [6, 6.07) is 8.18. The molecule has 0 aliphatic rings. The smallest absolute Gasteiger partial charge is 0.160 e. The Hall–Kier alpha value is -2.42. The third kappa shape index (κ3) is 3.28. The number of hydrogen-bond donors (Lipinski definition) is 1. The van der Waals surface area contributed by atoms with Gasteiger partial charge in [0.05, 0.1) is 6.20 Å². The first kappa shape index (κ1) is 13.0. The van der Waals surface area contributed by atoms with E-state index in [-0.39, 0.29) is 0 Å². The fourth-order valence-electron chi connectivity index (χ4n) is 1.72. The predicted molar refractivity (Wildman–Crippen MR) is 80.5 cm³/mol. The Morgan fingerprint density at radius 1 is 1.16 bits per heavy atom. The van der Waals surface area contributed by atoms with E-state index in [1.807, 2.05) is 31.2 Å². The molecule has 0 unspecified atom stereocenters. The summed E-state index contributed by atoms with van der Waals surface area (Å²) < 4.78 is 0. The molecule has 0 saturated heterocycles. The van der Waals surface area contributed by atoms with Gasteiger partial charge in [0, 0.05) is 11.3 Å². The number of anilines is 2. The number of allylic oxidation sites excluding steroid dienone is 2. The Labute approximate surface area is 113 Å². The van der Waals surface area contributed by atoms with Gasteiger partial charge in [0.15, 0.2) is 5.82 Å². The lowest BCUT2D eigenvalue weighted by Gasteiger charge is -2.10.